The Bertz CT molecular complexity index is 1400. The zero-order chi connectivity index (χ0) is 25.4. The second-order valence-corrected chi connectivity index (χ2v) is 9.54. The van der Waals surface area contributed by atoms with E-state index in [0.717, 1.165) is 53.4 Å². The van der Waals surface area contributed by atoms with Crippen LogP contribution in [0.25, 0.3) is 21.9 Å². The van der Waals surface area contributed by atoms with Gasteiger partial charge in [-0.15, -0.1) is 0 Å². The lowest BCUT2D eigenvalue weighted by Crippen LogP contribution is -2.48. The first kappa shape index (κ1) is 24.5. The minimum atomic E-state index is -1.15. The fourth-order valence-electron chi connectivity index (χ4n) is 4.76. The predicted molar refractivity (Wildman–Crippen MR) is 129 cm³/mol. The second kappa shape index (κ2) is 9.56. The van der Waals surface area contributed by atoms with Gasteiger partial charge in [-0.05, 0) is 50.7 Å². The van der Waals surface area contributed by atoms with Crippen molar-refractivity contribution in [3.63, 3.8) is 0 Å². The van der Waals surface area contributed by atoms with Crippen LogP contribution in [0, 0.1) is 19.8 Å². The molecule has 1 aromatic carbocycles. The van der Waals surface area contributed by atoms with Crippen LogP contribution in [0.5, 0.6) is 0 Å². The van der Waals surface area contributed by atoms with Gasteiger partial charge in [0.2, 0.25) is 11.8 Å². The van der Waals surface area contributed by atoms with E-state index < -0.39 is 36.0 Å². The first-order valence-corrected chi connectivity index (χ1v) is 11.9. The summed E-state index contributed by atoms with van der Waals surface area (Å²) >= 11 is 0. The average molecular weight is 483 g/mol. The number of hydrogen-bond acceptors (Lipinski definition) is 6. The largest absolute Gasteiger partial charge is 0.480 e. The number of rotatable bonds is 7. The highest BCUT2D eigenvalue weighted by Crippen LogP contribution is 2.37. The molecular weight excluding hydrogens is 452 g/mol. The Morgan fingerprint density at radius 2 is 1.69 bits per heavy atom. The minimum absolute atomic E-state index is 0.220. The van der Waals surface area contributed by atoms with Crippen molar-refractivity contribution in [2.45, 2.75) is 65.8 Å². The zero-order valence-electron chi connectivity index (χ0n) is 20.4. The van der Waals surface area contributed by atoms with Gasteiger partial charge in [-0.25, -0.2) is 9.59 Å². The summed E-state index contributed by atoms with van der Waals surface area (Å²) in [6.07, 6.45) is 3.77. The van der Waals surface area contributed by atoms with Gasteiger partial charge in [-0.3, -0.25) is 9.59 Å². The maximum Gasteiger partial charge on any atom is 0.340 e. The molecule has 9 nitrogen and oxygen atoms in total. The van der Waals surface area contributed by atoms with Crippen LogP contribution in [-0.4, -0.2) is 35.5 Å². The number of fused-ring (bicyclic) bond motifs is 4. The van der Waals surface area contributed by atoms with Gasteiger partial charge in [0.15, 0.2) is 0 Å². The highest BCUT2D eigenvalue weighted by atomic mass is 16.4. The summed E-state index contributed by atoms with van der Waals surface area (Å²) in [5, 5.41) is 15.8. The van der Waals surface area contributed by atoms with E-state index in [4.69, 9.17) is 8.83 Å². The Morgan fingerprint density at radius 3 is 2.37 bits per heavy atom. The van der Waals surface area contributed by atoms with E-state index in [-0.39, 0.29) is 17.9 Å². The fourth-order valence-corrected chi connectivity index (χ4v) is 4.76. The van der Waals surface area contributed by atoms with Gasteiger partial charge < -0.3 is 24.6 Å². The third-order valence-electron chi connectivity index (χ3n) is 6.76. The van der Waals surface area contributed by atoms with E-state index in [1.807, 2.05) is 13.0 Å². The number of nitrogens with one attached hydrogen (secondary N) is 2. The van der Waals surface area contributed by atoms with Crippen molar-refractivity contribution in [3.05, 3.63) is 44.5 Å². The van der Waals surface area contributed by atoms with Crippen LogP contribution in [0.4, 0.5) is 0 Å². The molecule has 0 saturated carbocycles. The van der Waals surface area contributed by atoms with Gasteiger partial charge in [-0.1, -0.05) is 13.8 Å². The Hall–Kier alpha value is -3.62. The number of carboxylic acids is 1. The van der Waals surface area contributed by atoms with Crippen molar-refractivity contribution in [1.29, 1.82) is 0 Å². The summed E-state index contributed by atoms with van der Waals surface area (Å²) < 4.78 is 11.8. The highest BCUT2D eigenvalue weighted by Gasteiger charge is 2.25. The highest BCUT2D eigenvalue weighted by molar-refractivity contribution is 6.00. The molecule has 3 N–H and O–H groups in total. The lowest BCUT2D eigenvalue weighted by atomic mass is 9.93. The van der Waals surface area contributed by atoms with Crippen LogP contribution in [-0.2, 0) is 33.6 Å². The Morgan fingerprint density at radius 1 is 1.00 bits per heavy atom. The van der Waals surface area contributed by atoms with Crippen molar-refractivity contribution in [2.75, 3.05) is 6.54 Å². The van der Waals surface area contributed by atoms with Crippen LogP contribution in [0.3, 0.4) is 0 Å². The molecule has 4 rings (SSSR count). The van der Waals surface area contributed by atoms with Crippen LogP contribution in [0.2, 0.25) is 0 Å². The second-order valence-electron chi connectivity index (χ2n) is 9.54. The fraction of sp³-hybridized carbons (Fsp3) is 0.462. The van der Waals surface area contributed by atoms with E-state index in [9.17, 15) is 24.3 Å². The first-order valence-electron chi connectivity index (χ1n) is 11.9. The molecular formula is C26H30N2O7. The van der Waals surface area contributed by atoms with Gasteiger partial charge >= 0.3 is 11.6 Å². The molecule has 1 aliphatic rings. The van der Waals surface area contributed by atoms with Gasteiger partial charge in [-0.2, -0.15) is 0 Å². The maximum atomic E-state index is 12.8. The lowest BCUT2D eigenvalue weighted by molar-refractivity contribution is -0.143. The smallest absolute Gasteiger partial charge is 0.340 e. The molecule has 2 amide bonds. The van der Waals surface area contributed by atoms with E-state index in [2.05, 4.69) is 10.6 Å². The summed E-state index contributed by atoms with van der Waals surface area (Å²) in [5.74, 6) is -1.63. The van der Waals surface area contributed by atoms with Gasteiger partial charge in [0.1, 0.15) is 23.0 Å². The van der Waals surface area contributed by atoms with Gasteiger partial charge in [0.05, 0.1) is 18.5 Å². The van der Waals surface area contributed by atoms with E-state index in [1.165, 1.54) is 5.56 Å². The molecule has 0 unspecified atom stereocenters. The number of hydrogen-bond donors (Lipinski definition) is 3. The Kier molecular flexibility index (Phi) is 6.69. The molecule has 186 valence electrons. The first-order chi connectivity index (χ1) is 16.6. The minimum Gasteiger partial charge on any atom is -0.480 e. The lowest BCUT2D eigenvalue weighted by Gasteiger charge is -2.18. The van der Waals surface area contributed by atoms with Crippen LogP contribution >= 0.6 is 0 Å². The number of benzene rings is 1. The summed E-state index contributed by atoms with van der Waals surface area (Å²) in [5.41, 5.74) is 3.41. The molecule has 0 radical (unpaired) electrons. The summed E-state index contributed by atoms with van der Waals surface area (Å²) in [7, 11) is 0. The molecule has 9 heteroatoms. The van der Waals surface area contributed by atoms with Crippen molar-refractivity contribution in [2.24, 2.45) is 5.92 Å². The molecule has 1 atom stereocenters. The molecule has 35 heavy (non-hydrogen) atoms. The van der Waals surface area contributed by atoms with Crippen molar-refractivity contribution < 1.29 is 28.3 Å². The maximum absolute atomic E-state index is 12.8. The van der Waals surface area contributed by atoms with E-state index in [1.54, 1.807) is 20.8 Å². The molecule has 0 saturated heterocycles. The number of aliphatic carboxylic acids is 1. The quantitative estimate of drug-likeness (QED) is 0.440. The van der Waals surface area contributed by atoms with Crippen molar-refractivity contribution >= 4 is 39.7 Å². The summed E-state index contributed by atoms with van der Waals surface area (Å²) in [6.45, 7) is 6.61. The van der Waals surface area contributed by atoms with Crippen molar-refractivity contribution in [3.8, 4) is 0 Å². The van der Waals surface area contributed by atoms with Gasteiger partial charge in [0, 0.05) is 28.3 Å². The molecule has 0 spiro atoms. The normalized spacial score (nSPS) is 14.2. The third kappa shape index (κ3) is 4.67. The topological polar surface area (TPSA) is 139 Å². The number of furan rings is 1. The van der Waals surface area contributed by atoms with E-state index >= 15 is 0 Å². The third-order valence-corrected chi connectivity index (χ3v) is 6.76. The molecule has 0 fully saturated rings. The predicted octanol–water partition coefficient (Wildman–Crippen LogP) is 2.92. The molecule has 2 heterocycles. The monoisotopic (exact) mass is 482 g/mol. The average Bonchev–Trinajstić information content (AvgIpc) is 3.18. The SMILES string of the molecule is Cc1c(CC(=O)NCC(=O)N[C@@H](C(=O)O)C(C)C)c(=O)oc2c(C)c3oc4c(c3cc12)CCCC4. The standard InChI is InChI=1S/C26H30N2O7/c1-12(2)22(25(31)32)28-21(30)11-27-20(29)10-17-13(3)16-9-18-15-7-5-6-8-19(15)34-24(18)14(4)23(16)35-26(17)33/h9,12,22H,5-8,10-11H2,1-4H3,(H,27,29)(H,28,30)(H,31,32)/t22-/m1/s1. The van der Waals surface area contributed by atoms with E-state index in [0.29, 0.717) is 11.1 Å². The molecule has 0 bridgehead atoms. The summed E-state index contributed by atoms with van der Waals surface area (Å²) in [6, 6.07) is 0.930. The van der Waals surface area contributed by atoms with Crippen LogP contribution < -0.4 is 16.3 Å². The number of amides is 2. The molecule has 3 aromatic rings. The Balaban J connectivity index is 1.57. The number of carbonyl (C=O) groups excluding carboxylic acids is 2. The van der Waals surface area contributed by atoms with Crippen LogP contribution in [0.15, 0.2) is 19.7 Å². The molecule has 2 aromatic heterocycles. The molecule has 1 aliphatic carbocycles. The van der Waals surface area contributed by atoms with Gasteiger partial charge in [0.25, 0.3) is 0 Å². The number of aryl methyl sites for hydroxylation is 4. The molecule has 0 aliphatic heterocycles. The number of carboxylic acid groups (broad SMARTS) is 1. The van der Waals surface area contributed by atoms with Crippen molar-refractivity contribution in [1.82, 2.24) is 10.6 Å². The Labute approximate surface area is 201 Å². The zero-order valence-corrected chi connectivity index (χ0v) is 20.4. The van der Waals surface area contributed by atoms with Crippen LogP contribution in [0.1, 0.15) is 54.7 Å². The number of carbonyl (C=O) groups is 3. The summed E-state index contributed by atoms with van der Waals surface area (Å²) in [4.78, 5) is 48.7.